The number of phenolic OH excluding ortho intramolecular Hbond substituents is 1. The van der Waals surface area contributed by atoms with Crippen LogP contribution >= 0.6 is 0 Å². The van der Waals surface area contributed by atoms with Gasteiger partial charge in [0.25, 0.3) is 0 Å². The Morgan fingerprint density at radius 1 is 0.963 bits per heavy atom. The number of benzene rings is 2. The Morgan fingerprint density at radius 3 is 2.33 bits per heavy atom. The van der Waals surface area contributed by atoms with E-state index < -0.39 is 18.8 Å². The van der Waals surface area contributed by atoms with Crippen LogP contribution in [0.25, 0.3) is 6.08 Å². The molecule has 2 aromatic rings. The number of rotatable bonds is 9. The lowest BCUT2D eigenvalue weighted by atomic mass is 10.0. The van der Waals surface area contributed by atoms with E-state index in [1.54, 1.807) is 30.4 Å². The number of hydrogen-bond acceptors (Lipinski definition) is 7. The second kappa shape index (κ2) is 9.82. The molecule has 0 heterocycles. The zero-order valence-corrected chi connectivity index (χ0v) is 15.2. The number of hydrogen-bond donors (Lipinski definition) is 4. The minimum atomic E-state index is -1.16. The molecule has 0 radical (unpaired) electrons. The first-order chi connectivity index (χ1) is 13.0. The summed E-state index contributed by atoms with van der Waals surface area (Å²) >= 11 is 0. The number of ether oxygens (including phenoxy) is 3. The van der Waals surface area contributed by atoms with Crippen molar-refractivity contribution < 1.29 is 34.6 Å². The molecule has 2 rings (SSSR count). The molecule has 2 aromatic carbocycles. The monoisotopic (exact) mass is 376 g/mol. The van der Waals surface area contributed by atoms with E-state index in [0.717, 1.165) is 5.56 Å². The van der Waals surface area contributed by atoms with Crippen molar-refractivity contribution in [1.29, 1.82) is 0 Å². The van der Waals surface area contributed by atoms with Gasteiger partial charge in [0.2, 0.25) is 0 Å². The topological polar surface area (TPSA) is 109 Å². The van der Waals surface area contributed by atoms with Crippen molar-refractivity contribution >= 4 is 6.08 Å². The van der Waals surface area contributed by atoms with Crippen molar-refractivity contribution in [3.8, 4) is 23.0 Å². The summed E-state index contributed by atoms with van der Waals surface area (Å²) in [4.78, 5) is 0. The summed E-state index contributed by atoms with van der Waals surface area (Å²) in [6.07, 6.45) is 1.19. The minimum absolute atomic E-state index is 0.0527. The Hall–Kier alpha value is -2.74. The summed E-state index contributed by atoms with van der Waals surface area (Å²) < 4.78 is 16.1. The predicted molar refractivity (Wildman–Crippen MR) is 100 cm³/mol. The summed E-state index contributed by atoms with van der Waals surface area (Å²) in [5, 5.41) is 38.8. The molecule has 0 aromatic heterocycles. The van der Waals surface area contributed by atoms with Crippen LogP contribution < -0.4 is 14.2 Å². The fourth-order valence-corrected chi connectivity index (χ4v) is 2.53. The Labute approximate surface area is 157 Å². The van der Waals surface area contributed by atoms with Gasteiger partial charge in [-0.3, -0.25) is 0 Å². The van der Waals surface area contributed by atoms with Gasteiger partial charge in [-0.1, -0.05) is 24.3 Å². The Morgan fingerprint density at radius 2 is 1.70 bits per heavy atom. The van der Waals surface area contributed by atoms with Gasteiger partial charge in [-0.05, 0) is 35.4 Å². The maximum absolute atomic E-state index is 10.6. The molecule has 0 aliphatic heterocycles. The van der Waals surface area contributed by atoms with Crippen LogP contribution in [-0.2, 0) is 0 Å². The van der Waals surface area contributed by atoms with Gasteiger partial charge in [0, 0.05) is 0 Å². The number of methoxy groups -OCH3 is 2. The molecule has 146 valence electrons. The fourth-order valence-electron chi connectivity index (χ4n) is 2.53. The third-order valence-electron chi connectivity index (χ3n) is 3.96. The van der Waals surface area contributed by atoms with Crippen LogP contribution in [0.4, 0.5) is 0 Å². The van der Waals surface area contributed by atoms with Crippen molar-refractivity contribution in [1.82, 2.24) is 0 Å². The van der Waals surface area contributed by atoms with Crippen LogP contribution in [0.15, 0.2) is 42.5 Å². The fraction of sp³-hybridized carbons (Fsp3) is 0.300. The van der Waals surface area contributed by atoms with Crippen molar-refractivity contribution in [3.63, 3.8) is 0 Å². The third kappa shape index (κ3) is 5.13. The van der Waals surface area contributed by atoms with E-state index in [0.29, 0.717) is 17.1 Å². The quantitative estimate of drug-likeness (QED) is 0.529. The van der Waals surface area contributed by atoms with Gasteiger partial charge in [0.05, 0.1) is 27.4 Å². The maximum Gasteiger partial charge on any atom is 0.161 e. The molecule has 0 bridgehead atoms. The Bertz CT molecular complexity index is 773. The molecule has 0 amide bonds. The largest absolute Gasteiger partial charge is 0.504 e. The maximum atomic E-state index is 10.6. The van der Waals surface area contributed by atoms with Crippen LogP contribution in [0.3, 0.4) is 0 Å². The first kappa shape index (κ1) is 20.6. The molecule has 4 N–H and O–H groups in total. The van der Waals surface area contributed by atoms with Crippen molar-refractivity contribution in [2.45, 2.75) is 12.2 Å². The van der Waals surface area contributed by atoms with Gasteiger partial charge < -0.3 is 34.6 Å². The summed E-state index contributed by atoms with van der Waals surface area (Å²) in [7, 11) is 2.89. The van der Waals surface area contributed by atoms with Gasteiger partial charge in [-0.2, -0.15) is 0 Å². The molecule has 0 unspecified atom stereocenters. The highest BCUT2D eigenvalue weighted by Gasteiger charge is 2.24. The molecule has 0 spiro atoms. The molecular formula is C20H24O7. The second-order valence-corrected chi connectivity index (χ2v) is 5.71. The highest BCUT2D eigenvalue weighted by Crippen LogP contribution is 2.34. The normalized spacial score (nSPS) is 13.4. The zero-order valence-electron chi connectivity index (χ0n) is 15.2. The van der Waals surface area contributed by atoms with Crippen LogP contribution in [0.5, 0.6) is 23.0 Å². The predicted octanol–water partition coefficient (Wildman–Crippen LogP) is 1.89. The SMILES string of the molecule is COc1cc([C@H](O)[C@@H](CO)Oc2ccc(/C=C\CO)cc2OC)ccc1O. The van der Waals surface area contributed by atoms with Crippen LogP contribution in [0.1, 0.15) is 17.2 Å². The van der Waals surface area contributed by atoms with E-state index in [2.05, 4.69) is 0 Å². The molecule has 7 heteroatoms. The molecule has 27 heavy (non-hydrogen) atoms. The summed E-state index contributed by atoms with van der Waals surface area (Å²) in [6, 6.07) is 9.53. The molecule has 0 saturated carbocycles. The van der Waals surface area contributed by atoms with Gasteiger partial charge in [-0.15, -0.1) is 0 Å². The van der Waals surface area contributed by atoms with E-state index in [1.165, 1.54) is 32.4 Å². The first-order valence-corrected chi connectivity index (χ1v) is 8.32. The lowest BCUT2D eigenvalue weighted by Crippen LogP contribution is -2.29. The molecular weight excluding hydrogens is 352 g/mol. The van der Waals surface area contributed by atoms with Gasteiger partial charge >= 0.3 is 0 Å². The van der Waals surface area contributed by atoms with E-state index >= 15 is 0 Å². The summed E-state index contributed by atoms with van der Waals surface area (Å²) in [5.41, 5.74) is 1.22. The van der Waals surface area contributed by atoms with E-state index in [4.69, 9.17) is 19.3 Å². The van der Waals surface area contributed by atoms with Gasteiger partial charge in [0.1, 0.15) is 6.10 Å². The zero-order chi connectivity index (χ0) is 19.8. The molecule has 0 aliphatic carbocycles. The molecule has 0 saturated heterocycles. The third-order valence-corrected chi connectivity index (χ3v) is 3.96. The minimum Gasteiger partial charge on any atom is -0.504 e. The van der Waals surface area contributed by atoms with E-state index in [-0.39, 0.29) is 18.1 Å². The Kier molecular flexibility index (Phi) is 7.48. The molecule has 0 fully saturated rings. The number of aliphatic hydroxyl groups excluding tert-OH is 3. The van der Waals surface area contributed by atoms with Crippen LogP contribution in [0, 0.1) is 0 Å². The summed E-state index contributed by atoms with van der Waals surface area (Å²) in [6.45, 7) is -0.519. The van der Waals surface area contributed by atoms with Gasteiger partial charge in [-0.25, -0.2) is 0 Å². The molecule has 7 nitrogen and oxygen atoms in total. The highest BCUT2D eigenvalue weighted by atomic mass is 16.5. The molecule has 2 atom stereocenters. The lowest BCUT2D eigenvalue weighted by Gasteiger charge is -2.24. The van der Waals surface area contributed by atoms with E-state index in [1.807, 2.05) is 0 Å². The standard InChI is InChI=1S/C20H24O7/c1-25-17-11-14(6-7-15(17)23)20(24)19(12-22)27-16-8-5-13(4-3-9-21)10-18(16)26-2/h3-8,10-11,19-24H,9,12H2,1-2H3/b4-3-/t19-,20+/m1/s1. The lowest BCUT2D eigenvalue weighted by molar-refractivity contribution is -0.000515. The Balaban J connectivity index is 2.24. The highest BCUT2D eigenvalue weighted by molar-refractivity contribution is 5.56. The number of aromatic hydroxyl groups is 1. The first-order valence-electron chi connectivity index (χ1n) is 8.32. The average Bonchev–Trinajstić information content (AvgIpc) is 2.70. The van der Waals surface area contributed by atoms with E-state index in [9.17, 15) is 15.3 Å². The smallest absolute Gasteiger partial charge is 0.161 e. The molecule has 0 aliphatic rings. The average molecular weight is 376 g/mol. The van der Waals surface area contributed by atoms with Gasteiger partial charge in [0.15, 0.2) is 29.1 Å². The second-order valence-electron chi connectivity index (χ2n) is 5.71. The van der Waals surface area contributed by atoms with Crippen LogP contribution in [-0.4, -0.2) is 54.0 Å². The summed E-state index contributed by atoms with van der Waals surface area (Å²) in [5.74, 6) is 0.926. The number of phenols is 1. The van der Waals surface area contributed by atoms with Crippen molar-refractivity contribution in [2.24, 2.45) is 0 Å². The van der Waals surface area contributed by atoms with Crippen LogP contribution in [0.2, 0.25) is 0 Å². The van der Waals surface area contributed by atoms with Crippen molar-refractivity contribution in [2.75, 3.05) is 27.4 Å². The number of aliphatic hydroxyl groups is 3. The van der Waals surface area contributed by atoms with Crippen molar-refractivity contribution in [3.05, 3.63) is 53.6 Å².